The molecule has 0 saturated carbocycles. The Hall–Kier alpha value is -0.440. The number of nitrogens with zero attached hydrogens (tertiary/aromatic N) is 2. The van der Waals surface area contributed by atoms with E-state index in [1.807, 2.05) is 0 Å². The van der Waals surface area contributed by atoms with Crippen LogP contribution in [0.3, 0.4) is 0 Å². The summed E-state index contributed by atoms with van der Waals surface area (Å²) in [5.41, 5.74) is 2.61. The van der Waals surface area contributed by atoms with Gasteiger partial charge in [0.05, 0.1) is 5.69 Å². The Morgan fingerprint density at radius 3 is 2.50 bits per heavy atom. The maximum absolute atomic E-state index is 4.62. The van der Waals surface area contributed by atoms with E-state index in [1.54, 1.807) is 0 Å². The highest BCUT2D eigenvalue weighted by atomic mass is 32.1. The summed E-state index contributed by atoms with van der Waals surface area (Å²) in [6.07, 6.45) is 7.20. The normalized spacial score (nSPS) is 10.9. The summed E-state index contributed by atoms with van der Waals surface area (Å²) >= 11 is 4.22. The second kappa shape index (κ2) is 7.77. The van der Waals surface area contributed by atoms with Gasteiger partial charge in [-0.1, -0.05) is 26.7 Å². The Bertz CT molecular complexity index is 294. The Morgan fingerprint density at radius 1 is 1.12 bits per heavy atom. The first-order valence-corrected chi connectivity index (χ1v) is 7.11. The highest BCUT2D eigenvalue weighted by molar-refractivity contribution is 7.80. The van der Waals surface area contributed by atoms with Crippen molar-refractivity contribution in [3.8, 4) is 0 Å². The lowest BCUT2D eigenvalue weighted by atomic mass is 10.2. The van der Waals surface area contributed by atoms with Crippen LogP contribution in [-0.2, 0) is 19.4 Å². The highest BCUT2D eigenvalue weighted by Gasteiger charge is 2.04. The van der Waals surface area contributed by atoms with E-state index in [2.05, 4.69) is 42.3 Å². The quantitative estimate of drug-likeness (QED) is 0.544. The minimum absolute atomic E-state index is 1.02. The zero-order chi connectivity index (χ0) is 11.8. The zero-order valence-corrected chi connectivity index (χ0v) is 11.5. The molecule has 0 N–H and O–H groups in total. The van der Waals surface area contributed by atoms with E-state index in [0.29, 0.717) is 0 Å². The van der Waals surface area contributed by atoms with E-state index in [4.69, 9.17) is 0 Å². The van der Waals surface area contributed by atoms with E-state index >= 15 is 0 Å². The van der Waals surface area contributed by atoms with Crippen molar-refractivity contribution in [2.75, 3.05) is 5.75 Å². The van der Waals surface area contributed by atoms with Crippen LogP contribution in [0.1, 0.15) is 50.9 Å². The number of aromatic nitrogens is 2. The predicted octanol–water partition coefficient (Wildman–Crippen LogP) is 3.50. The molecule has 0 unspecified atom stereocenters. The van der Waals surface area contributed by atoms with Crippen molar-refractivity contribution in [3.63, 3.8) is 0 Å². The summed E-state index contributed by atoms with van der Waals surface area (Å²) < 4.78 is 2.19. The molecular weight excluding hydrogens is 216 g/mol. The minimum Gasteiger partial charge on any atom is -0.269 e. The van der Waals surface area contributed by atoms with Crippen molar-refractivity contribution in [2.45, 2.75) is 58.9 Å². The first kappa shape index (κ1) is 13.6. The fourth-order valence-electron chi connectivity index (χ4n) is 1.89. The molecule has 1 aromatic heterocycles. The number of thiol groups is 1. The van der Waals surface area contributed by atoms with Crippen LogP contribution in [-0.4, -0.2) is 15.5 Å². The van der Waals surface area contributed by atoms with Crippen molar-refractivity contribution >= 4 is 12.6 Å². The molecule has 0 radical (unpaired) electrons. The monoisotopic (exact) mass is 240 g/mol. The molecule has 0 aliphatic carbocycles. The molecule has 0 aromatic carbocycles. The molecule has 1 heterocycles. The SMILES string of the molecule is CCc1cc(CC)n(CCCCCCS)n1. The van der Waals surface area contributed by atoms with Gasteiger partial charge in [0.2, 0.25) is 0 Å². The second-order valence-corrected chi connectivity index (χ2v) is 4.64. The number of hydrogen-bond donors (Lipinski definition) is 1. The molecule has 0 saturated heterocycles. The van der Waals surface area contributed by atoms with Crippen LogP contribution < -0.4 is 0 Å². The van der Waals surface area contributed by atoms with Gasteiger partial charge >= 0.3 is 0 Å². The third kappa shape index (κ3) is 4.20. The van der Waals surface area contributed by atoms with Crippen molar-refractivity contribution < 1.29 is 0 Å². The molecule has 0 fully saturated rings. The van der Waals surface area contributed by atoms with Gasteiger partial charge in [-0.25, -0.2) is 0 Å². The Kier molecular flexibility index (Phi) is 6.62. The summed E-state index contributed by atoms with van der Waals surface area (Å²) in [4.78, 5) is 0. The standard InChI is InChI=1S/C13H24N2S/c1-3-12-11-13(4-2)15(14-12)9-7-5-6-8-10-16/h11,16H,3-10H2,1-2H3. The van der Waals surface area contributed by atoms with E-state index in [-0.39, 0.29) is 0 Å². The van der Waals surface area contributed by atoms with Gasteiger partial charge < -0.3 is 0 Å². The summed E-state index contributed by atoms with van der Waals surface area (Å²) in [5.74, 6) is 1.02. The average molecular weight is 240 g/mol. The molecular formula is C13H24N2S. The average Bonchev–Trinajstić information content (AvgIpc) is 2.71. The van der Waals surface area contributed by atoms with Crippen LogP contribution in [0.5, 0.6) is 0 Å². The van der Waals surface area contributed by atoms with E-state index in [0.717, 1.165) is 25.1 Å². The Morgan fingerprint density at radius 2 is 1.88 bits per heavy atom. The third-order valence-electron chi connectivity index (χ3n) is 2.92. The van der Waals surface area contributed by atoms with Crippen LogP contribution in [0.2, 0.25) is 0 Å². The molecule has 3 heteroatoms. The molecule has 2 nitrogen and oxygen atoms in total. The molecule has 0 bridgehead atoms. The van der Waals surface area contributed by atoms with Crippen LogP contribution in [0.25, 0.3) is 0 Å². The van der Waals surface area contributed by atoms with E-state index in [1.165, 1.54) is 37.1 Å². The van der Waals surface area contributed by atoms with E-state index in [9.17, 15) is 0 Å². The molecule has 16 heavy (non-hydrogen) atoms. The summed E-state index contributed by atoms with van der Waals surface area (Å²) in [6.45, 7) is 5.45. The van der Waals surface area contributed by atoms with E-state index < -0.39 is 0 Å². The number of hydrogen-bond acceptors (Lipinski definition) is 2. The van der Waals surface area contributed by atoms with Gasteiger partial charge in [-0.3, -0.25) is 4.68 Å². The fourth-order valence-corrected chi connectivity index (χ4v) is 2.12. The first-order valence-electron chi connectivity index (χ1n) is 6.48. The lowest BCUT2D eigenvalue weighted by molar-refractivity contribution is 0.523. The smallest absolute Gasteiger partial charge is 0.0624 e. The zero-order valence-electron chi connectivity index (χ0n) is 10.6. The first-order chi connectivity index (χ1) is 7.81. The molecule has 1 aromatic rings. The molecule has 0 aliphatic heterocycles. The topological polar surface area (TPSA) is 17.8 Å². The van der Waals surface area contributed by atoms with Gasteiger partial charge in [0.15, 0.2) is 0 Å². The van der Waals surface area contributed by atoms with Gasteiger partial charge in [-0.05, 0) is 37.5 Å². The number of aryl methyl sites for hydroxylation is 3. The maximum Gasteiger partial charge on any atom is 0.0624 e. The minimum atomic E-state index is 1.02. The van der Waals surface area contributed by atoms with Crippen LogP contribution in [0.4, 0.5) is 0 Å². The molecule has 0 aliphatic rings. The molecule has 0 spiro atoms. The maximum atomic E-state index is 4.62. The molecule has 1 rings (SSSR count). The van der Waals surface area contributed by atoms with Crippen LogP contribution in [0, 0.1) is 0 Å². The molecule has 0 amide bonds. The number of unbranched alkanes of at least 4 members (excludes halogenated alkanes) is 3. The molecule has 92 valence electrons. The Labute approximate surface area is 105 Å². The lowest BCUT2D eigenvalue weighted by Gasteiger charge is -2.05. The summed E-state index contributed by atoms with van der Waals surface area (Å²) in [5, 5.41) is 4.62. The largest absolute Gasteiger partial charge is 0.269 e. The predicted molar refractivity (Wildman–Crippen MR) is 73.3 cm³/mol. The Balaban J connectivity index is 2.37. The fraction of sp³-hybridized carbons (Fsp3) is 0.769. The third-order valence-corrected chi connectivity index (χ3v) is 3.23. The van der Waals surface area contributed by atoms with Crippen molar-refractivity contribution in [1.82, 2.24) is 9.78 Å². The van der Waals surface area contributed by atoms with Crippen molar-refractivity contribution in [3.05, 3.63) is 17.5 Å². The van der Waals surface area contributed by atoms with Gasteiger partial charge in [-0.2, -0.15) is 17.7 Å². The van der Waals surface area contributed by atoms with Gasteiger partial charge in [-0.15, -0.1) is 0 Å². The summed E-state index contributed by atoms with van der Waals surface area (Å²) in [7, 11) is 0. The van der Waals surface area contributed by atoms with Gasteiger partial charge in [0, 0.05) is 12.2 Å². The highest BCUT2D eigenvalue weighted by Crippen LogP contribution is 2.09. The second-order valence-electron chi connectivity index (χ2n) is 4.20. The van der Waals surface area contributed by atoms with Crippen LogP contribution >= 0.6 is 12.6 Å². The molecule has 0 atom stereocenters. The lowest BCUT2D eigenvalue weighted by Crippen LogP contribution is -2.04. The number of rotatable bonds is 8. The van der Waals surface area contributed by atoms with Crippen LogP contribution in [0.15, 0.2) is 6.07 Å². The van der Waals surface area contributed by atoms with Gasteiger partial charge in [0.1, 0.15) is 0 Å². The van der Waals surface area contributed by atoms with Crippen molar-refractivity contribution in [1.29, 1.82) is 0 Å². The van der Waals surface area contributed by atoms with Crippen molar-refractivity contribution in [2.24, 2.45) is 0 Å². The van der Waals surface area contributed by atoms with Gasteiger partial charge in [0.25, 0.3) is 0 Å². The summed E-state index contributed by atoms with van der Waals surface area (Å²) in [6, 6.07) is 2.24.